The topological polar surface area (TPSA) is 87.3 Å². The van der Waals surface area contributed by atoms with Gasteiger partial charge in [0.25, 0.3) is 11.8 Å². The van der Waals surface area contributed by atoms with E-state index in [2.05, 4.69) is 29.4 Å². The van der Waals surface area contributed by atoms with Crippen LogP contribution in [0, 0.1) is 0 Å². The molecule has 1 aliphatic rings. The van der Waals surface area contributed by atoms with E-state index in [0.717, 1.165) is 36.1 Å². The zero-order chi connectivity index (χ0) is 23.2. The van der Waals surface area contributed by atoms with Gasteiger partial charge >= 0.3 is 0 Å². The number of hydrogen-bond acceptors (Lipinski definition) is 4. The fraction of sp³-hybridized carbons (Fsp3) is 0.346. The van der Waals surface area contributed by atoms with E-state index in [4.69, 9.17) is 4.74 Å². The summed E-state index contributed by atoms with van der Waals surface area (Å²) in [5.74, 6) is 0.424. The van der Waals surface area contributed by atoms with Gasteiger partial charge in [-0.1, -0.05) is 24.3 Å². The zero-order valence-corrected chi connectivity index (χ0v) is 19.1. The Morgan fingerprint density at radius 3 is 2.36 bits per heavy atom. The number of carbonyl (C=O) groups excluding carboxylic acids is 2. The molecule has 0 bridgehead atoms. The lowest BCUT2D eigenvalue weighted by molar-refractivity contribution is -0.139. The third-order valence-corrected chi connectivity index (χ3v) is 6.18. The van der Waals surface area contributed by atoms with Crippen molar-refractivity contribution in [1.82, 2.24) is 20.4 Å². The normalized spacial score (nSPS) is 18.1. The number of hydrogen-bond donors (Lipinski definition) is 2. The summed E-state index contributed by atoms with van der Waals surface area (Å²) >= 11 is 0. The zero-order valence-electron chi connectivity index (χ0n) is 19.1. The quantitative estimate of drug-likeness (QED) is 0.570. The van der Waals surface area contributed by atoms with Gasteiger partial charge in [0.1, 0.15) is 5.75 Å². The maximum atomic E-state index is 12.6. The highest BCUT2D eigenvalue weighted by molar-refractivity contribution is 5.94. The van der Waals surface area contributed by atoms with Crippen molar-refractivity contribution in [1.29, 1.82) is 0 Å². The van der Waals surface area contributed by atoms with E-state index < -0.39 is 0 Å². The standard InChI is InChI=1S/C26H30N4O3/c1-18-4-3-5-19(2)30(18)25(31)17-33-23-12-10-22(11-13-23)26(32)27-16-20-6-8-21(9-7-20)24-14-15-28-29-24/h6-15,18-19H,3-5,16-17H2,1-2H3,(H,27,32)(H,28,29). The number of piperidine rings is 1. The monoisotopic (exact) mass is 446 g/mol. The van der Waals surface area contributed by atoms with Gasteiger partial charge in [0.15, 0.2) is 6.61 Å². The molecule has 2 amide bonds. The Hall–Kier alpha value is -3.61. The number of likely N-dealkylation sites (tertiary alicyclic amines) is 1. The first-order valence-electron chi connectivity index (χ1n) is 11.4. The van der Waals surface area contributed by atoms with Gasteiger partial charge in [-0.3, -0.25) is 14.7 Å². The summed E-state index contributed by atoms with van der Waals surface area (Å²) in [5, 5.41) is 9.82. The first-order valence-corrected chi connectivity index (χ1v) is 11.4. The average Bonchev–Trinajstić information content (AvgIpc) is 3.37. The third kappa shape index (κ3) is 5.61. The second-order valence-electron chi connectivity index (χ2n) is 8.59. The number of ether oxygens (including phenoxy) is 1. The Kier molecular flexibility index (Phi) is 7.07. The van der Waals surface area contributed by atoms with Gasteiger partial charge in [0, 0.05) is 30.4 Å². The summed E-state index contributed by atoms with van der Waals surface area (Å²) in [6.07, 6.45) is 4.95. The SMILES string of the molecule is CC1CCCC(C)N1C(=O)COc1ccc(C(=O)NCc2ccc(-c3ccn[nH]3)cc2)cc1. The number of nitrogens with one attached hydrogen (secondary N) is 2. The van der Waals surface area contributed by atoms with Crippen molar-refractivity contribution in [3.63, 3.8) is 0 Å². The molecule has 2 heterocycles. The molecule has 4 rings (SSSR count). The molecule has 0 aliphatic carbocycles. The van der Waals surface area contributed by atoms with Gasteiger partial charge < -0.3 is 15.0 Å². The molecule has 0 spiro atoms. The van der Waals surface area contributed by atoms with Crippen LogP contribution < -0.4 is 10.1 Å². The van der Waals surface area contributed by atoms with Crippen LogP contribution in [0.4, 0.5) is 0 Å². The molecule has 7 nitrogen and oxygen atoms in total. The molecule has 1 aromatic heterocycles. The highest BCUT2D eigenvalue weighted by Crippen LogP contribution is 2.23. The largest absolute Gasteiger partial charge is 0.484 e. The van der Waals surface area contributed by atoms with Gasteiger partial charge in [-0.05, 0) is 74.6 Å². The number of benzene rings is 2. The van der Waals surface area contributed by atoms with Crippen LogP contribution in [0.15, 0.2) is 60.8 Å². The number of nitrogens with zero attached hydrogens (tertiary/aromatic N) is 2. The number of amides is 2. The third-order valence-electron chi connectivity index (χ3n) is 6.18. The lowest BCUT2D eigenvalue weighted by atomic mass is 9.97. The van der Waals surface area contributed by atoms with Gasteiger partial charge in [0.05, 0.1) is 5.69 Å². The molecule has 2 aromatic carbocycles. The van der Waals surface area contributed by atoms with E-state index in [1.807, 2.05) is 35.2 Å². The number of aromatic nitrogens is 2. The van der Waals surface area contributed by atoms with Gasteiger partial charge in [-0.15, -0.1) is 0 Å². The van der Waals surface area contributed by atoms with Crippen LogP contribution in [0.2, 0.25) is 0 Å². The second-order valence-corrected chi connectivity index (χ2v) is 8.59. The lowest BCUT2D eigenvalue weighted by Crippen LogP contribution is -2.49. The summed E-state index contributed by atoms with van der Waals surface area (Å²) in [5.41, 5.74) is 3.54. The van der Waals surface area contributed by atoms with Gasteiger partial charge in [-0.2, -0.15) is 5.10 Å². The molecule has 33 heavy (non-hydrogen) atoms. The van der Waals surface area contributed by atoms with Crippen molar-refractivity contribution < 1.29 is 14.3 Å². The maximum absolute atomic E-state index is 12.6. The number of aromatic amines is 1. The molecule has 0 saturated carbocycles. The van der Waals surface area contributed by atoms with E-state index in [-0.39, 0.29) is 30.5 Å². The van der Waals surface area contributed by atoms with E-state index in [0.29, 0.717) is 17.9 Å². The minimum atomic E-state index is -0.161. The fourth-order valence-electron chi connectivity index (χ4n) is 4.34. The first kappa shape index (κ1) is 22.6. The highest BCUT2D eigenvalue weighted by atomic mass is 16.5. The van der Waals surface area contributed by atoms with Gasteiger partial charge in [0.2, 0.25) is 0 Å². The molecule has 7 heteroatoms. The van der Waals surface area contributed by atoms with Crippen molar-refractivity contribution in [2.45, 2.75) is 51.7 Å². The Bertz CT molecular complexity index is 1050. The first-order chi connectivity index (χ1) is 16.0. The van der Waals surface area contributed by atoms with Crippen LogP contribution in [0.3, 0.4) is 0 Å². The Balaban J connectivity index is 1.26. The molecule has 172 valence electrons. The van der Waals surface area contributed by atoms with Crippen LogP contribution in [0.5, 0.6) is 5.75 Å². The summed E-state index contributed by atoms with van der Waals surface area (Å²) in [6, 6.07) is 17.2. The Morgan fingerprint density at radius 2 is 1.73 bits per heavy atom. The molecular weight excluding hydrogens is 416 g/mol. The van der Waals surface area contributed by atoms with Crippen LogP contribution in [-0.2, 0) is 11.3 Å². The maximum Gasteiger partial charge on any atom is 0.260 e. The fourth-order valence-corrected chi connectivity index (χ4v) is 4.34. The Morgan fingerprint density at radius 1 is 1.03 bits per heavy atom. The van der Waals surface area contributed by atoms with E-state index >= 15 is 0 Å². The molecule has 2 unspecified atom stereocenters. The molecule has 1 fully saturated rings. The van der Waals surface area contributed by atoms with Crippen molar-refractivity contribution in [3.05, 3.63) is 71.9 Å². The van der Waals surface area contributed by atoms with Crippen molar-refractivity contribution in [2.75, 3.05) is 6.61 Å². The molecule has 2 N–H and O–H groups in total. The van der Waals surface area contributed by atoms with Crippen LogP contribution in [0.25, 0.3) is 11.3 Å². The second kappa shape index (κ2) is 10.3. The molecule has 0 radical (unpaired) electrons. The molecular formula is C26H30N4O3. The summed E-state index contributed by atoms with van der Waals surface area (Å²) in [6.45, 7) is 4.62. The van der Waals surface area contributed by atoms with E-state index in [9.17, 15) is 9.59 Å². The number of carbonyl (C=O) groups is 2. The molecule has 1 saturated heterocycles. The van der Waals surface area contributed by atoms with E-state index in [1.54, 1.807) is 30.5 Å². The van der Waals surface area contributed by atoms with Gasteiger partial charge in [-0.25, -0.2) is 0 Å². The minimum Gasteiger partial charge on any atom is -0.484 e. The minimum absolute atomic E-state index is 0.00870. The Labute approximate surface area is 194 Å². The summed E-state index contributed by atoms with van der Waals surface area (Å²) in [4.78, 5) is 27.0. The smallest absolute Gasteiger partial charge is 0.260 e. The van der Waals surface area contributed by atoms with Crippen molar-refractivity contribution >= 4 is 11.8 Å². The van der Waals surface area contributed by atoms with Crippen LogP contribution >= 0.6 is 0 Å². The van der Waals surface area contributed by atoms with Crippen LogP contribution in [-0.4, -0.2) is 45.6 Å². The molecule has 2 atom stereocenters. The molecule has 1 aliphatic heterocycles. The lowest BCUT2D eigenvalue weighted by Gasteiger charge is -2.38. The molecule has 3 aromatic rings. The average molecular weight is 447 g/mol. The summed E-state index contributed by atoms with van der Waals surface area (Å²) in [7, 11) is 0. The number of rotatable bonds is 7. The predicted molar refractivity (Wildman–Crippen MR) is 127 cm³/mol. The van der Waals surface area contributed by atoms with Crippen LogP contribution in [0.1, 0.15) is 49.0 Å². The van der Waals surface area contributed by atoms with E-state index in [1.165, 1.54) is 0 Å². The highest BCUT2D eigenvalue weighted by Gasteiger charge is 2.28. The van der Waals surface area contributed by atoms with Crippen molar-refractivity contribution in [3.8, 4) is 17.0 Å². The summed E-state index contributed by atoms with van der Waals surface area (Å²) < 4.78 is 5.69. The van der Waals surface area contributed by atoms with Crippen molar-refractivity contribution in [2.24, 2.45) is 0 Å². The number of H-pyrrole nitrogens is 1. The predicted octanol–water partition coefficient (Wildman–Crippen LogP) is 4.18.